The summed E-state index contributed by atoms with van der Waals surface area (Å²) in [7, 11) is 1.43. The minimum atomic E-state index is -0.393. The molecule has 4 heteroatoms. The van der Waals surface area contributed by atoms with Gasteiger partial charge in [0.2, 0.25) is 0 Å². The molecule has 0 aliphatic carbocycles. The average molecular weight is 198 g/mol. The highest BCUT2D eigenvalue weighted by molar-refractivity contribution is 5.32. The molecule has 0 aliphatic rings. The molecular formula is C10H15FN2O. The number of halogens is 1. The van der Waals surface area contributed by atoms with Gasteiger partial charge in [0.05, 0.1) is 7.11 Å². The molecule has 0 fully saturated rings. The number of hydrogen-bond acceptors (Lipinski definition) is 3. The second-order valence-electron chi connectivity index (χ2n) is 3.05. The summed E-state index contributed by atoms with van der Waals surface area (Å²) < 4.78 is 18.5. The van der Waals surface area contributed by atoms with Gasteiger partial charge >= 0.3 is 0 Å². The molecule has 78 valence electrons. The predicted octanol–water partition coefficient (Wildman–Crippen LogP) is 1.18. The van der Waals surface area contributed by atoms with Crippen LogP contribution in [-0.4, -0.2) is 13.7 Å². The van der Waals surface area contributed by atoms with Crippen molar-refractivity contribution in [3.8, 4) is 5.75 Å². The first kappa shape index (κ1) is 10.9. The number of nitrogens with two attached hydrogens (primary N) is 2. The molecule has 1 aromatic rings. The van der Waals surface area contributed by atoms with Crippen LogP contribution in [0, 0.1) is 5.82 Å². The standard InChI is InChI=1S/C10H15FN2O/c1-14-9-4-2-3-7(10(9)11)8(13)5-6-12/h2-4,8H,5-6,12-13H2,1H3/t8-/m0/s1. The molecule has 0 saturated carbocycles. The van der Waals surface area contributed by atoms with Crippen LogP contribution in [0.25, 0.3) is 0 Å². The van der Waals surface area contributed by atoms with Gasteiger partial charge in [-0.1, -0.05) is 12.1 Å². The summed E-state index contributed by atoms with van der Waals surface area (Å²) in [5, 5.41) is 0. The van der Waals surface area contributed by atoms with Gasteiger partial charge in [-0.25, -0.2) is 4.39 Å². The van der Waals surface area contributed by atoms with Crippen molar-refractivity contribution >= 4 is 0 Å². The Labute approximate surface area is 82.9 Å². The van der Waals surface area contributed by atoms with Crippen molar-refractivity contribution in [2.24, 2.45) is 11.5 Å². The van der Waals surface area contributed by atoms with Gasteiger partial charge in [0.1, 0.15) is 0 Å². The van der Waals surface area contributed by atoms with Crippen LogP contribution in [-0.2, 0) is 0 Å². The maximum Gasteiger partial charge on any atom is 0.169 e. The third-order valence-electron chi connectivity index (χ3n) is 2.09. The van der Waals surface area contributed by atoms with Crippen molar-refractivity contribution < 1.29 is 9.13 Å². The van der Waals surface area contributed by atoms with Crippen molar-refractivity contribution in [2.45, 2.75) is 12.5 Å². The molecule has 0 aliphatic heterocycles. The normalized spacial score (nSPS) is 12.6. The van der Waals surface area contributed by atoms with Gasteiger partial charge in [0.15, 0.2) is 11.6 Å². The van der Waals surface area contributed by atoms with Crippen LogP contribution in [0.1, 0.15) is 18.0 Å². The van der Waals surface area contributed by atoms with E-state index >= 15 is 0 Å². The molecule has 14 heavy (non-hydrogen) atoms. The van der Waals surface area contributed by atoms with E-state index < -0.39 is 5.82 Å². The molecule has 0 heterocycles. The highest BCUT2D eigenvalue weighted by Crippen LogP contribution is 2.24. The van der Waals surface area contributed by atoms with Crippen molar-refractivity contribution in [3.63, 3.8) is 0 Å². The number of benzene rings is 1. The van der Waals surface area contributed by atoms with Gasteiger partial charge in [-0.2, -0.15) is 0 Å². The minimum absolute atomic E-state index is 0.218. The summed E-state index contributed by atoms with van der Waals surface area (Å²) in [6, 6.07) is 4.56. The first-order valence-corrected chi connectivity index (χ1v) is 4.48. The Morgan fingerprint density at radius 2 is 2.21 bits per heavy atom. The van der Waals surface area contributed by atoms with Crippen LogP contribution in [0.15, 0.2) is 18.2 Å². The SMILES string of the molecule is COc1cccc([C@@H](N)CCN)c1F. The average Bonchev–Trinajstić information content (AvgIpc) is 2.18. The Morgan fingerprint density at radius 3 is 2.79 bits per heavy atom. The number of rotatable bonds is 4. The second-order valence-corrected chi connectivity index (χ2v) is 3.05. The van der Waals surface area contributed by atoms with Crippen LogP contribution in [0.3, 0.4) is 0 Å². The lowest BCUT2D eigenvalue weighted by molar-refractivity contribution is 0.382. The second kappa shape index (κ2) is 4.93. The molecule has 0 radical (unpaired) electrons. The zero-order chi connectivity index (χ0) is 10.6. The van der Waals surface area contributed by atoms with E-state index in [1.165, 1.54) is 7.11 Å². The fraction of sp³-hybridized carbons (Fsp3) is 0.400. The largest absolute Gasteiger partial charge is 0.494 e. The summed E-state index contributed by atoms with van der Waals surface area (Å²) in [5.41, 5.74) is 11.6. The van der Waals surface area contributed by atoms with Crippen molar-refractivity contribution in [1.82, 2.24) is 0 Å². The number of hydrogen-bond donors (Lipinski definition) is 2. The van der Waals surface area contributed by atoms with E-state index in [4.69, 9.17) is 16.2 Å². The van der Waals surface area contributed by atoms with Crippen molar-refractivity contribution in [1.29, 1.82) is 0 Å². The van der Waals surface area contributed by atoms with Crippen LogP contribution in [0.2, 0.25) is 0 Å². The van der Waals surface area contributed by atoms with E-state index in [9.17, 15) is 4.39 Å². The van der Waals surface area contributed by atoms with E-state index in [0.717, 1.165) is 0 Å². The molecular weight excluding hydrogens is 183 g/mol. The van der Waals surface area contributed by atoms with Gasteiger partial charge in [0, 0.05) is 11.6 Å². The zero-order valence-electron chi connectivity index (χ0n) is 8.16. The summed E-state index contributed by atoms with van der Waals surface area (Å²) in [4.78, 5) is 0. The lowest BCUT2D eigenvalue weighted by Crippen LogP contribution is -2.16. The third kappa shape index (κ3) is 2.21. The quantitative estimate of drug-likeness (QED) is 0.763. The molecule has 4 N–H and O–H groups in total. The van der Waals surface area contributed by atoms with Crippen molar-refractivity contribution in [3.05, 3.63) is 29.6 Å². The maximum atomic E-state index is 13.6. The first-order valence-electron chi connectivity index (χ1n) is 4.48. The molecule has 0 unspecified atom stereocenters. The predicted molar refractivity (Wildman–Crippen MR) is 53.6 cm³/mol. The fourth-order valence-corrected chi connectivity index (χ4v) is 1.31. The lowest BCUT2D eigenvalue weighted by atomic mass is 10.0. The third-order valence-corrected chi connectivity index (χ3v) is 2.09. The molecule has 1 rings (SSSR count). The molecule has 0 saturated heterocycles. The number of ether oxygens (including phenoxy) is 1. The van der Waals surface area contributed by atoms with Crippen LogP contribution < -0.4 is 16.2 Å². The summed E-state index contributed by atoms with van der Waals surface area (Å²) in [5.74, 6) is -0.175. The zero-order valence-corrected chi connectivity index (χ0v) is 8.16. The van der Waals surface area contributed by atoms with Gasteiger partial charge < -0.3 is 16.2 Å². The summed E-state index contributed by atoms with van der Waals surface area (Å²) in [6.45, 7) is 0.442. The Morgan fingerprint density at radius 1 is 1.50 bits per heavy atom. The topological polar surface area (TPSA) is 61.3 Å². The van der Waals surface area contributed by atoms with Gasteiger partial charge in [-0.05, 0) is 19.0 Å². The maximum absolute atomic E-state index is 13.6. The lowest BCUT2D eigenvalue weighted by Gasteiger charge is -2.13. The molecule has 0 aromatic heterocycles. The molecule has 1 atom stereocenters. The van der Waals surface area contributed by atoms with E-state index in [1.54, 1.807) is 18.2 Å². The monoisotopic (exact) mass is 198 g/mol. The van der Waals surface area contributed by atoms with E-state index in [0.29, 0.717) is 18.5 Å². The Kier molecular flexibility index (Phi) is 3.85. The first-order chi connectivity index (χ1) is 6.70. The Balaban J connectivity index is 2.96. The highest BCUT2D eigenvalue weighted by atomic mass is 19.1. The van der Waals surface area contributed by atoms with Gasteiger partial charge in [-0.3, -0.25) is 0 Å². The van der Waals surface area contributed by atoms with Crippen molar-refractivity contribution in [2.75, 3.05) is 13.7 Å². The molecule has 0 spiro atoms. The van der Waals surface area contributed by atoms with Crippen LogP contribution in [0.5, 0.6) is 5.75 Å². The minimum Gasteiger partial charge on any atom is -0.494 e. The van der Waals surface area contributed by atoms with Gasteiger partial charge in [-0.15, -0.1) is 0 Å². The smallest absolute Gasteiger partial charge is 0.169 e. The molecule has 3 nitrogen and oxygen atoms in total. The summed E-state index contributed by atoms with van der Waals surface area (Å²) in [6.07, 6.45) is 0.560. The fourth-order valence-electron chi connectivity index (χ4n) is 1.31. The summed E-state index contributed by atoms with van der Waals surface area (Å²) >= 11 is 0. The van der Waals surface area contributed by atoms with E-state index in [2.05, 4.69) is 0 Å². The van der Waals surface area contributed by atoms with E-state index in [-0.39, 0.29) is 11.8 Å². The Bertz CT molecular complexity index is 304. The van der Waals surface area contributed by atoms with Gasteiger partial charge in [0.25, 0.3) is 0 Å². The van der Waals surface area contributed by atoms with E-state index in [1.807, 2.05) is 0 Å². The molecule has 0 bridgehead atoms. The highest BCUT2D eigenvalue weighted by Gasteiger charge is 2.13. The molecule has 0 amide bonds. The Hall–Kier alpha value is -1.13. The van der Waals surface area contributed by atoms with Crippen LogP contribution in [0.4, 0.5) is 4.39 Å². The molecule has 1 aromatic carbocycles. The van der Waals surface area contributed by atoms with Crippen LogP contribution >= 0.6 is 0 Å². The number of methoxy groups -OCH3 is 1.